The van der Waals surface area contributed by atoms with Gasteiger partial charge in [-0.1, -0.05) is 12.1 Å². The van der Waals surface area contributed by atoms with Crippen molar-refractivity contribution < 1.29 is 14.3 Å². The minimum atomic E-state index is -0.157. The van der Waals surface area contributed by atoms with Crippen LogP contribution in [0.2, 0.25) is 0 Å². The minimum Gasteiger partial charge on any atom is -0.493 e. The van der Waals surface area contributed by atoms with Crippen molar-refractivity contribution in [1.29, 1.82) is 0 Å². The van der Waals surface area contributed by atoms with Crippen LogP contribution >= 0.6 is 0 Å². The van der Waals surface area contributed by atoms with E-state index in [1.807, 2.05) is 63.2 Å². The highest BCUT2D eigenvalue weighted by Crippen LogP contribution is 2.25. The monoisotopic (exact) mass is 403 g/mol. The first kappa shape index (κ1) is 21.4. The molecule has 0 aliphatic carbocycles. The molecule has 0 saturated heterocycles. The zero-order valence-corrected chi connectivity index (χ0v) is 18.3. The highest BCUT2D eigenvalue weighted by molar-refractivity contribution is 6.04. The molecule has 0 bridgehead atoms. The van der Waals surface area contributed by atoms with E-state index in [1.165, 1.54) is 11.1 Å². The molecule has 0 aliphatic heterocycles. The third kappa shape index (κ3) is 5.41. The Morgan fingerprint density at radius 1 is 0.833 bits per heavy atom. The number of nitrogens with one attached hydrogen (secondary N) is 1. The van der Waals surface area contributed by atoms with E-state index in [1.54, 1.807) is 6.07 Å². The lowest BCUT2D eigenvalue weighted by molar-refractivity contribution is 0.102. The standard InChI is InChI=1S/C26H29NO3/c1-6-29-25-10-8-21(26(28)27-23-12-17(2)11-18(3)13-23)15-22(25)16-30-24-9-7-19(4)20(5)14-24/h7-15H,6,16H2,1-5H3,(H,27,28). The lowest BCUT2D eigenvalue weighted by atomic mass is 10.1. The maximum atomic E-state index is 12.8. The van der Waals surface area contributed by atoms with Crippen molar-refractivity contribution in [1.82, 2.24) is 0 Å². The lowest BCUT2D eigenvalue weighted by Gasteiger charge is -2.14. The van der Waals surface area contributed by atoms with Crippen molar-refractivity contribution in [2.24, 2.45) is 0 Å². The number of ether oxygens (including phenoxy) is 2. The molecule has 4 nitrogen and oxygen atoms in total. The summed E-state index contributed by atoms with van der Waals surface area (Å²) in [6.45, 7) is 11.0. The molecule has 3 aromatic carbocycles. The molecule has 0 spiro atoms. The van der Waals surface area contributed by atoms with E-state index in [2.05, 4.69) is 25.2 Å². The smallest absolute Gasteiger partial charge is 0.255 e. The number of rotatable bonds is 7. The molecule has 0 aliphatic rings. The fourth-order valence-electron chi connectivity index (χ4n) is 3.34. The lowest BCUT2D eigenvalue weighted by Crippen LogP contribution is -2.13. The topological polar surface area (TPSA) is 47.6 Å². The summed E-state index contributed by atoms with van der Waals surface area (Å²) in [6, 6.07) is 17.5. The second-order valence-corrected chi connectivity index (χ2v) is 7.62. The van der Waals surface area contributed by atoms with Gasteiger partial charge in [0.05, 0.1) is 6.61 Å². The van der Waals surface area contributed by atoms with Crippen molar-refractivity contribution in [2.75, 3.05) is 11.9 Å². The second kappa shape index (κ2) is 9.49. The second-order valence-electron chi connectivity index (χ2n) is 7.62. The minimum absolute atomic E-state index is 0.157. The van der Waals surface area contributed by atoms with Gasteiger partial charge in [0.1, 0.15) is 18.1 Å². The van der Waals surface area contributed by atoms with E-state index in [0.29, 0.717) is 18.8 Å². The van der Waals surface area contributed by atoms with E-state index in [0.717, 1.165) is 33.9 Å². The fraction of sp³-hybridized carbons (Fsp3) is 0.269. The Morgan fingerprint density at radius 3 is 2.23 bits per heavy atom. The number of hydrogen-bond acceptors (Lipinski definition) is 3. The van der Waals surface area contributed by atoms with Gasteiger partial charge in [0.15, 0.2) is 0 Å². The molecular weight excluding hydrogens is 374 g/mol. The molecular formula is C26H29NO3. The van der Waals surface area contributed by atoms with E-state index in [-0.39, 0.29) is 5.91 Å². The Hall–Kier alpha value is -3.27. The van der Waals surface area contributed by atoms with Crippen LogP contribution in [-0.4, -0.2) is 12.5 Å². The van der Waals surface area contributed by atoms with Crippen molar-refractivity contribution in [2.45, 2.75) is 41.2 Å². The maximum absolute atomic E-state index is 12.8. The van der Waals surface area contributed by atoms with Gasteiger partial charge < -0.3 is 14.8 Å². The van der Waals surface area contributed by atoms with Crippen LogP contribution in [0.15, 0.2) is 54.6 Å². The highest BCUT2D eigenvalue weighted by atomic mass is 16.5. The SMILES string of the molecule is CCOc1ccc(C(=O)Nc2cc(C)cc(C)c2)cc1COc1ccc(C)c(C)c1. The molecule has 0 radical (unpaired) electrons. The summed E-state index contributed by atoms with van der Waals surface area (Å²) in [5.74, 6) is 1.37. The molecule has 156 valence electrons. The first-order valence-corrected chi connectivity index (χ1v) is 10.2. The molecule has 0 atom stereocenters. The molecule has 1 N–H and O–H groups in total. The van der Waals surface area contributed by atoms with Gasteiger partial charge in [0.2, 0.25) is 0 Å². The summed E-state index contributed by atoms with van der Waals surface area (Å²) in [5.41, 5.74) is 6.82. The van der Waals surface area contributed by atoms with Crippen LogP contribution in [0.5, 0.6) is 11.5 Å². The zero-order valence-electron chi connectivity index (χ0n) is 18.3. The number of hydrogen-bond donors (Lipinski definition) is 1. The Kier molecular flexibility index (Phi) is 6.78. The van der Waals surface area contributed by atoms with Crippen LogP contribution in [0.3, 0.4) is 0 Å². The quantitative estimate of drug-likeness (QED) is 0.515. The fourth-order valence-corrected chi connectivity index (χ4v) is 3.34. The average Bonchev–Trinajstić information content (AvgIpc) is 2.69. The summed E-state index contributed by atoms with van der Waals surface area (Å²) in [6.07, 6.45) is 0. The Balaban J connectivity index is 1.80. The number of amides is 1. The molecule has 4 heteroatoms. The molecule has 3 rings (SSSR count). The van der Waals surface area contributed by atoms with Gasteiger partial charge >= 0.3 is 0 Å². The molecule has 0 aromatic heterocycles. The van der Waals surface area contributed by atoms with Crippen LogP contribution in [0.4, 0.5) is 5.69 Å². The van der Waals surface area contributed by atoms with Crippen molar-refractivity contribution in [3.05, 3.63) is 88.0 Å². The number of carbonyl (C=O) groups is 1. The van der Waals surface area contributed by atoms with Crippen molar-refractivity contribution in [3.63, 3.8) is 0 Å². The van der Waals surface area contributed by atoms with Crippen LogP contribution in [0.1, 0.15) is 45.1 Å². The third-order valence-electron chi connectivity index (χ3n) is 4.97. The predicted octanol–water partition coefficient (Wildman–Crippen LogP) is 6.15. The van der Waals surface area contributed by atoms with E-state index < -0.39 is 0 Å². The number of aryl methyl sites for hydroxylation is 4. The summed E-state index contributed by atoms with van der Waals surface area (Å²) in [4.78, 5) is 12.8. The van der Waals surface area contributed by atoms with Crippen LogP contribution in [0, 0.1) is 27.7 Å². The van der Waals surface area contributed by atoms with Crippen LogP contribution in [0.25, 0.3) is 0 Å². The third-order valence-corrected chi connectivity index (χ3v) is 4.97. The molecule has 3 aromatic rings. The van der Waals surface area contributed by atoms with Gasteiger partial charge in [-0.25, -0.2) is 0 Å². The first-order valence-electron chi connectivity index (χ1n) is 10.2. The van der Waals surface area contributed by atoms with E-state index >= 15 is 0 Å². The molecule has 0 unspecified atom stereocenters. The molecule has 0 fully saturated rings. The number of benzene rings is 3. The summed E-state index contributed by atoms with van der Waals surface area (Å²) in [7, 11) is 0. The predicted molar refractivity (Wildman–Crippen MR) is 122 cm³/mol. The molecule has 1 amide bonds. The normalized spacial score (nSPS) is 10.6. The van der Waals surface area contributed by atoms with Gasteiger partial charge in [-0.15, -0.1) is 0 Å². The summed E-state index contributed by atoms with van der Waals surface area (Å²) < 4.78 is 11.7. The summed E-state index contributed by atoms with van der Waals surface area (Å²) in [5, 5.41) is 2.99. The Morgan fingerprint density at radius 2 is 1.57 bits per heavy atom. The van der Waals surface area contributed by atoms with E-state index in [4.69, 9.17) is 9.47 Å². The van der Waals surface area contributed by atoms with Gasteiger partial charge in [-0.2, -0.15) is 0 Å². The molecule has 30 heavy (non-hydrogen) atoms. The zero-order chi connectivity index (χ0) is 21.7. The number of carbonyl (C=O) groups excluding carboxylic acids is 1. The van der Waals surface area contributed by atoms with Gasteiger partial charge in [0, 0.05) is 16.8 Å². The first-order chi connectivity index (χ1) is 14.4. The van der Waals surface area contributed by atoms with Gasteiger partial charge in [0.25, 0.3) is 5.91 Å². The maximum Gasteiger partial charge on any atom is 0.255 e. The van der Waals surface area contributed by atoms with Gasteiger partial charge in [-0.3, -0.25) is 4.79 Å². The molecule has 0 saturated carbocycles. The van der Waals surface area contributed by atoms with Gasteiger partial charge in [-0.05, 0) is 99.3 Å². The summed E-state index contributed by atoms with van der Waals surface area (Å²) >= 11 is 0. The number of anilines is 1. The van der Waals surface area contributed by atoms with Crippen molar-refractivity contribution >= 4 is 11.6 Å². The van der Waals surface area contributed by atoms with Crippen molar-refractivity contribution in [3.8, 4) is 11.5 Å². The average molecular weight is 404 g/mol. The Labute approximate surface area is 178 Å². The van der Waals surface area contributed by atoms with Crippen LogP contribution in [-0.2, 0) is 6.61 Å². The van der Waals surface area contributed by atoms with E-state index in [9.17, 15) is 4.79 Å². The largest absolute Gasteiger partial charge is 0.493 e. The van der Waals surface area contributed by atoms with Crippen LogP contribution < -0.4 is 14.8 Å². The highest BCUT2D eigenvalue weighted by Gasteiger charge is 2.12. The molecule has 0 heterocycles. The Bertz CT molecular complexity index is 1040.